The Labute approximate surface area is 112 Å². The second-order valence-corrected chi connectivity index (χ2v) is 4.33. The van der Waals surface area contributed by atoms with Crippen LogP contribution in [0.15, 0.2) is 23.5 Å². The number of rotatable bonds is 6. The summed E-state index contributed by atoms with van der Waals surface area (Å²) >= 11 is 0. The van der Waals surface area contributed by atoms with Crippen LogP contribution in [-0.4, -0.2) is 54.0 Å². The molecule has 1 aromatic heterocycles. The number of hydrogen-bond acceptors (Lipinski definition) is 5. The van der Waals surface area contributed by atoms with E-state index in [1.54, 1.807) is 6.07 Å². The lowest BCUT2D eigenvalue weighted by Crippen LogP contribution is -2.28. The number of nitrogens with two attached hydrogens (primary N) is 1. The van der Waals surface area contributed by atoms with Gasteiger partial charge in [-0.3, -0.25) is 9.78 Å². The standard InChI is InChI=1S/C12H19N5O2/c1-17(2)7-3-6-14-12(18)10-5-4-9(8-15-10)11(13)16-19/h4-5,8,19H,3,6-7H2,1-2H3,(H2,13,16)(H,14,18). The van der Waals surface area contributed by atoms with Crippen LogP contribution in [0.25, 0.3) is 0 Å². The van der Waals surface area contributed by atoms with Crippen molar-refractivity contribution in [2.75, 3.05) is 27.2 Å². The van der Waals surface area contributed by atoms with Crippen LogP contribution in [0.4, 0.5) is 0 Å². The first-order valence-electron chi connectivity index (χ1n) is 5.91. The van der Waals surface area contributed by atoms with Crippen LogP contribution in [0.1, 0.15) is 22.5 Å². The number of oxime groups is 1. The summed E-state index contributed by atoms with van der Waals surface area (Å²) in [5.74, 6) is -0.268. The zero-order chi connectivity index (χ0) is 14.3. The van der Waals surface area contributed by atoms with Crippen LogP contribution < -0.4 is 11.1 Å². The van der Waals surface area contributed by atoms with Crippen LogP contribution in [0.2, 0.25) is 0 Å². The molecule has 7 nitrogen and oxygen atoms in total. The first-order valence-corrected chi connectivity index (χ1v) is 5.91. The van der Waals surface area contributed by atoms with Crippen molar-refractivity contribution in [3.05, 3.63) is 29.6 Å². The first kappa shape index (κ1) is 14.9. The monoisotopic (exact) mass is 265 g/mol. The van der Waals surface area contributed by atoms with Gasteiger partial charge in [0.25, 0.3) is 5.91 Å². The van der Waals surface area contributed by atoms with Crippen molar-refractivity contribution in [1.82, 2.24) is 15.2 Å². The normalized spacial score (nSPS) is 11.6. The first-order chi connectivity index (χ1) is 9.04. The van der Waals surface area contributed by atoms with Gasteiger partial charge in [-0.25, -0.2) is 0 Å². The molecule has 104 valence electrons. The van der Waals surface area contributed by atoms with Gasteiger partial charge in [0.1, 0.15) is 5.69 Å². The highest BCUT2D eigenvalue weighted by atomic mass is 16.4. The summed E-state index contributed by atoms with van der Waals surface area (Å²) in [7, 11) is 3.96. The van der Waals surface area contributed by atoms with Crippen molar-refractivity contribution >= 4 is 11.7 Å². The highest BCUT2D eigenvalue weighted by molar-refractivity contribution is 5.98. The van der Waals surface area contributed by atoms with Crippen molar-refractivity contribution in [1.29, 1.82) is 0 Å². The van der Waals surface area contributed by atoms with Crippen molar-refractivity contribution in [2.45, 2.75) is 6.42 Å². The number of hydrogen-bond donors (Lipinski definition) is 3. The Morgan fingerprint density at radius 1 is 1.53 bits per heavy atom. The van der Waals surface area contributed by atoms with Crippen molar-refractivity contribution in [2.24, 2.45) is 10.9 Å². The maximum absolute atomic E-state index is 11.7. The van der Waals surface area contributed by atoms with E-state index in [0.29, 0.717) is 17.8 Å². The molecule has 0 aliphatic rings. The Morgan fingerprint density at radius 3 is 2.79 bits per heavy atom. The third kappa shape index (κ3) is 4.92. The lowest BCUT2D eigenvalue weighted by atomic mass is 10.2. The second-order valence-electron chi connectivity index (χ2n) is 4.33. The Kier molecular flexibility index (Phi) is 5.74. The number of pyridine rings is 1. The average molecular weight is 265 g/mol. The van der Waals surface area contributed by atoms with Crippen LogP contribution in [0.5, 0.6) is 0 Å². The predicted molar refractivity (Wildman–Crippen MR) is 72.3 cm³/mol. The topological polar surface area (TPSA) is 104 Å². The van der Waals surface area contributed by atoms with Gasteiger partial charge in [-0.2, -0.15) is 0 Å². The highest BCUT2D eigenvalue weighted by Gasteiger charge is 2.07. The predicted octanol–water partition coefficient (Wildman–Crippen LogP) is -0.142. The van der Waals surface area contributed by atoms with Gasteiger partial charge in [0, 0.05) is 18.3 Å². The summed E-state index contributed by atoms with van der Waals surface area (Å²) in [5, 5.41) is 14.1. The largest absolute Gasteiger partial charge is 0.409 e. The molecule has 1 heterocycles. The van der Waals surface area contributed by atoms with Crippen LogP contribution in [0.3, 0.4) is 0 Å². The molecule has 19 heavy (non-hydrogen) atoms. The smallest absolute Gasteiger partial charge is 0.269 e. The zero-order valence-corrected chi connectivity index (χ0v) is 11.1. The minimum atomic E-state index is -0.232. The van der Waals surface area contributed by atoms with E-state index in [2.05, 4.69) is 20.4 Å². The van der Waals surface area contributed by atoms with Gasteiger partial charge in [-0.05, 0) is 39.2 Å². The molecule has 0 radical (unpaired) electrons. The summed E-state index contributed by atoms with van der Waals surface area (Å²) in [6, 6.07) is 3.12. The number of amidine groups is 1. The molecule has 0 bridgehead atoms. The molecule has 0 aliphatic heterocycles. The van der Waals surface area contributed by atoms with Gasteiger partial charge < -0.3 is 21.2 Å². The summed E-state index contributed by atoms with van der Waals surface area (Å²) < 4.78 is 0. The molecular weight excluding hydrogens is 246 g/mol. The Morgan fingerprint density at radius 2 is 2.26 bits per heavy atom. The average Bonchev–Trinajstić information content (AvgIpc) is 2.42. The molecule has 0 fully saturated rings. The Hall–Kier alpha value is -2.15. The summed E-state index contributed by atoms with van der Waals surface area (Å²) in [6.45, 7) is 1.51. The van der Waals surface area contributed by atoms with Gasteiger partial charge >= 0.3 is 0 Å². The van der Waals surface area contributed by atoms with E-state index in [1.165, 1.54) is 12.3 Å². The Bertz CT molecular complexity index is 442. The molecule has 0 spiro atoms. The fourth-order valence-corrected chi connectivity index (χ4v) is 1.43. The van der Waals surface area contributed by atoms with E-state index in [4.69, 9.17) is 10.9 Å². The van der Waals surface area contributed by atoms with Gasteiger partial charge in [0.05, 0.1) is 0 Å². The minimum absolute atomic E-state index is 0.0366. The number of carbonyl (C=O) groups is 1. The molecular formula is C12H19N5O2. The van der Waals surface area contributed by atoms with Crippen molar-refractivity contribution in [3.8, 4) is 0 Å². The molecule has 0 saturated carbocycles. The maximum atomic E-state index is 11.7. The second kappa shape index (κ2) is 7.32. The molecule has 7 heteroatoms. The van der Waals surface area contributed by atoms with E-state index in [9.17, 15) is 4.79 Å². The number of carbonyl (C=O) groups excluding carboxylic acids is 1. The molecule has 0 unspecified atom stereocenters. The van der Waals surface area contributed by atoms with Crippen molar-refractivity contribution in [3.63, 3.8) is 0 Å². The van der Waals surface area contributed by atoms with E-state index in [-0.39, 0.29) is 11.7 Å². The van der Waals surface area contributed by atoms with E-state index in [1.807, 2.05) is 14.1 Å². The summed E-state index contributed by atoms with van der Waals surface area (Å²) in [4.78, 5) is 17.8. The van der Waals surface area contributed by atoms with Crippen LogP contribution in [0, 0.1) is 0 Å². The van der Waals surface area contributed by atoms with Gasteiger partial charge in [-0.15, -0.1) is 0 Å². The molecule has 0 atom stereocenters. The summed E-state index contributed by atoms with van der Waals surface area (Å²) in [5.41, 5.74) is 6.17. The maximum Gasteiger partial charge on any atom is 0.269 e. The highest BCUT2D eigenvalue weighted by Crippen LogP contribution is 2.00. The van der Waals surface area contributed by atoms with E-state index in [0.717, 1.165) is 13.0 Å². The van der Waals surface area contributed by atoms with E-state index < -0.39 is 0 Å². The third-order valence-corrected chi connectivity index (χ3v) is 2.47. The molecule has 4 N–H and O–H groups in total. The van der Waals surface area contributed by atoms with E-state index >= 15 is 0 Å². The van der Waals surface area contributed by atoms with Crippen LogP contribution in [-0.2, 0) is 0 Å². The van der Waals surface area contributed by atoms with Gasteiger partial charge in [-0.1, -0.05) is 5.16 Å². The molecule has 0 aliphatic carbocycles. The zero-order valence-electron chi connectivity index (χ0n) is 11.1. The number of nitrogens with one attached hydrogen (secondary N) is 1. The minimum Gasteiger partial charge on any atom is -0.409 e. The summed E-state index contributed by atoms with van der Waals surface area (Å²) in [6.07, 6.45) is 2.27. The molecule has 1 rings (SSSR count). The number of amides is 1. The van der Waals surface area contributed by atoms with Crippen molar-refractivity contribution < 1.29 is 10.0 Å². The third-order valence-electron chi connectivity index (χ3n) is 2.47. The lowest BCUT2D eigenvalue weighted by molar-refractivity contribution is 0.0947. The number of nitrogens with zero attached hydrogens (tertiary/aromatic N) is 3. The fraction of sp³-hybridized carbons (Fsp3) is 0.417. The Balaban J connectivity index is 2.49. The lowest BCUT2D eigenvalue weighted by Gasteiger charge is -2.09. The quantitative estimate of drug-likeness (QED) is 0.218. The van der Waals surface area contributed by atoms with Gasteiger partial charge in [0.2, 0.25) is 0 Å². The molecule has 0 aromatic carbocycles. The molecule has 0 saturated heterocycles. The SMILES string of the molecule is CN(C)CCCNC(=O)c1ccc(C(N)=NO)cn1. The van der Waals surface area contributed by atoms with Crippen LogP contribution >= 0.6 is 0 Å². The number of aromatic nitrogens is 1. The van der Waals surface area contributed by atoms with Gasteiger partial charge in [0.15, 0.2) is 5.84 Å². The fourth-order valence-electron chi connectivity index (χ4n) is 1.43. The molecule has 1 amide bonds. The molecule has 1 aromatic rings.